The Morgan fingerprint density at radius 3 is 2.33 bits per heavy atom. The molecule has 0 aliphatic rings. The first-order valence-electron chi connectivity index (χ1n) is 8.02. The van der Waals surface area contributed by atoms with Crippen LogP contribution in [0.1, 0.15) is 41.5 Å². The molecule has 24 heavy (non-hydrogen) atoms. The molecule has 1 rings (SSSR count). The highest BCUT2D eigenvalue weighted by Crippen LogP contribution is 2.25. The summed E-state index contributed by atoms with van der Waals surface area (Å²) in [7, 11) is 1.49. The van der Waals surface area contributed by atoms with Gasteiger partial charge in [-0.3, -0.25) is 0 Å². The number of carbonyl (C=O) groups excluding carboxylic acids is 1. The molecule has 0 aliphatic heterocycles. The van der Waals surface area contributed by atoms with Crippen molar-refractivity contribution < 1.29 is 18.7 Å². The quantitative estimate of drug-likeness (QED) is 0.869. The van der Waals surface area contributed by atoms with E-state index in [1.807, 2.05) is 41.5 Å². The lowest BCUT2D eigenvalue weighted by Crippen LogP contribution is -2.49. The number of anilines is 1. The lowest BCUT2D eigenvalue weighted by molar-refractivity contribution is 0.00749. The molecule has 0 aliphatic carbocycles. The number of amides is 1. The van der Waals surface area contributed by atoms with Crippen molar-refractivity contribution in [2.75, 3.05) is 25.5 Å². The second-order valence-electron chi connectivity index (χ2n) is 7.57. The van der Waals surface area contributed by atoms with E-state index in [1.165, 1.54) is 19.2 Å². The van der Waals surface area contributed by atoms with Crippen LogP contribution in [0.5, 0.6) is 5.75 Å². The number of rotatable bonds is 5. The molecule has 1 aromatic carbocycles. The Kier molecular flexibility index (Phi) is 6.46. The van der Waals surface area contributed by atoms with E-state index in [2.05, 4.69) is 5.32 Å². The van der Waals surface area contributed by atoms with Crippen molar-refractivity contribution in [2.45, 2.75) is 52.7 Å². The maximum Gasteiger partial charge on any atom is 0.410 e. The molecule has 0 spiro atoms. The molecule has 0 radical (unpaired) electrons. The van der Waals surface area contributed by atoms with E-state index in [-0.39, 0.29) is 17.4 Å². The lowest BCUT2D eigenvalue weighted by Gasteiger charge is -2.37. The molecule has 0 unspecified atom stereocenters. The van der Waals surface area contributed by atoms with E-state index in [9.17, 15) is 9.18 Å². The zero-order chi connectivity index (χ0) is 18.5. The summed E-state index contributed by atoms with van der Waals surface area (Å²) >= 11 is 0. The molecule has 6 heteroatoms. The highest BCUT2D eigenvalue weighted by atomic mass is 19.1. The zero-order valence-electron chi connectivity index (χ0n) is 15.7. The second-order valence-corrected chi connectivity index (χ2v) is 7.57. The minimum absolute atomic E-state index is 0.358. The number of nitrogens with one attached hydrogen (secondary N) is 1. The number of methoxy groups -OCH3 is 1. The van der Waals surface area contributed by atoms with Gasteiger partial charge in [-0.1, -0.05) is 0 Å². The third-order valence-corrected chi connectivity index (χ3v) is 3.24. The average molecular weight is 340 g/mol. The van der Waals surface area contributed by atoms with Gasteiger partial charge in [0, 0.05) is 24.7 Å². The summed E-state index contributed by atoms with van der Waals surface area (Å²) in [5.74, 6) is 0.0667. The molecule has 0 bridgehead atoms. The van der Waals surface area contributed by atoms with E-state index in [1.54, 1.807) is 11.0 Å². The van der Waals surface area contributed by atoms with Crippen LogP contribution in [0.25, 0.3) is 0 Å². The molecule has 1 aromatic rings. The average Bonchev–Trinajstić information content (AvgIpc) is 2.41. The molecule has 1 N–H and O–H groups in total. The summed E-state index contributed by atoms with van der Waals surface area (Å²) in [6.07, 6.45) is -0.358. The molecule has 5 nitrogen and oxygen atoms in total. The molecule has 0 aromatic heterocycles. The SMILES string of the molecule is COc1cc(F)ccc1NCCN(C(=O)OC(C)(C)C)C(C)(C)C. The Hall–Kier alpha value is -1.98. The van der Waals surface area contributed by atoms with Crippen LogP contribution in [0, 0.1) is 5.82 Å². The molecular weight excluding hydrogens is 311 g/mol. The van der Waals surface area contributed by atoms with Gasteiger partial charge in [0.05, 0.1) is 12.8 Å². The second kappa shape index (κ2) is 7.73. The van der Waals surface area contributed by atoms with Crippen molar-refractivity contribution in [3.05, 3.63) is 24.0 Å². The van der Waals surface area contributed by atoms with Crippen molar-refractivity contribution in [3.63, 3.8) is 0 Å². The van der Waals surface area contributed by atoms with Gasteiger partial charge in [-0.15, -0.1) is 0 Å². The first kappa shape index (κ1) is 20.1. The number of hydrogen-bond donors (Lipinski definition) is 1. The number of nitrogens with zero attached hydrogens (tertiary/aromatic N) is 1. The first-order valence-corrected chi connectivity index (χ1v) is 8.02. The Balaban J connectivity index is 2.75. The maximum absolute atomic E-state index is 13.2. The minimum atomic E-state index is -0.547. The Labute approximate surface area is 144 Å². The van der Waals surface area contributed by atoms with Crippen LogP contribution in [0.15, 0.2) is 18.2 Å². The summed E-state index contributed by atoms with van der Waals surface area (Å²) in [4.78, 5) is 14.1. The van der Waals surface area contributed by atoms with E-state index in [0.717, 1.165) is 0 Å². The summed E-state index contributed by atoms with van der Waals surface area (Å²) < 4.78 is 23.9. The fourth-order valence-corrected chi connectivity index (χ4v) is 2.13. The molecule has 0 saturated carbocycles. The van der Waals surface area contributed by atoms with E-state index < -0.39 is 5.60 Å². The van der Waals surface area contributed by atoms with Crippen molar-refractivity contribution in [1.82, 2.24) is 4.90 Å². The summed E-state index contributed by atoms with van der Waals surface area (Å²) in [6, 6.07) is 4.29. The van der Waals surface area contributed by atoms with Gasteiger partial charge in [-0.25, -0.2) is 9.18 Å². The molecule has 0 heterocycles. The largest absolute Gasteiger partial charge is 0.494 e. The van der Waals surface area contributed by atoms with Gasteiger partial charge in [-0.2, -0.15) is 0 Å². The number of benzene rings is 1. The third kappa shape index (κ3) is 6.26. The molecule has 1 amide bonds. The fourth-order valence-electron chi connectivity index (χ4n) is 2.13. The standard InChI is InChI=1S/C18H29FN2O3/c1-17(2,3)21(16(22)24-18(4,5)6)11-10-20-14-9-8-13(19)12-15(14)23-7/h8-9,12,20H,10-11H2,1-7H3. The van der Waals surface area contributed by atoms with E-state index in [0.29, 0.717) is 24.5 Å². The molecule has 0 atom stereocenters. The Bertz CT molecular complexity index is 562. The van der Waals surface area contributed by atoms with Crippen LogP contribution in [-0.2, 0) is 4.74 Å². The van der Waals surface area contributed by atoms with Crippen LogP contribution in [0.3, 0.4) is 0 Å². The monoisotopic (exact) mass is 340 g/mol. The van der Waals surface area contributed by atoms with Crippen LogP contribution < -0.4 is 10.1 Å². The van der Waals surface area contributed by atoms with Crippen molar-refractivity contribution in [3.8, 4) is 5.75 Å². The Morgan fingerprint density at radius 2 is 1.83 bits per heavy atom. The fraction of sp³-hybridized carbons (Fsp3) is 0.611. The van der Waals surface area contributed by atoms with Gasteiger partial charge in [-0.05, 0) is 53.7 Å². The normalized spacial score (nSPS) is 11.8. The van der Waals surface area contributed by atoms with Gasteiger partial charge in [0.25, 0.3) is 0 Å². The zero-order valence-corrected chi connectivity index (χ0v) is 15.7. The maximum atomic E-state index is 13.2. The van der Waals surface area contributed by atoms with Gasteiger partial charge in [0.1, 0.15) is 17.2 Å². The first-order chi connectivity index (χ1) is 10.9. The lowest BCUT2D eigenvalue weighted by atomic mass is 10.1. The van der Waals surface area contributed by atoms with Gasteiger partial charge < -0.3 is 19.7 Å². The smallest absolute Gasteiger partial charge is 0.410 e. The molecule has 0 saturated heterocycles. The topological polar surface area (TPSA) is 50.8 Å². The van der Waals surface area contributed by atoms with Gasteiger partial charge >= 0.3 is 6.09 Å². The predicted octanol–water partition coefficient (Wildman–Crippen LogP) is 4.28. The summed E-state index contributed by atoms with van der Waals surface area (Å²) in [5, 5.41) is 3.17. The third-order valence-electron chi connectivity index (χ3n) is 3.24. The number of halogens is 1. The van der Waals surface area contributed by atoms with Crippen LogP contribution >= 0.6 is 0 Å². The van der Waals surface area contributed by atoms with Gasteiger partial charge in [0.15, 0.2) is 0 Å². The van der Waals surface area contributed by atoms with E-state index >= 15 is 0 Å². The highest BCUT2D eigenvalue weighted by Gasteiger charge is 2.30. The van der Waals surface area contributed by atoms with Crippen molar-refractivity contribution >= 4 is 11.8 Å². The number of carbonyl (C=O) groups is 1. The molecule has 136 valence electrons. The van der Waals surface area contributed by atoms with Crippen LogP contribution in [0.2, 0.25) is 0 Å². The van der Waals surface area contributed by atoms with Crippen LogP contribution in [0.4, 0.5) is 14.9 Å². The predicted molar refractivity (Wildman–Crippen MR) is 94.1 cm³/mol. The van der Waals surface area contributed by atoms with Crippen molar-refractivity contribution in [1.29, 1.82) is 0 Å². The summed E-state index contributed by atoms with van der Waals surface area (Å²) in [5.41, 5.74) is -0.248. The highest BCUT2D eigenvalue weighted by molar-refractivity contribution is 5.69. The number of hydrogen-bond acceptors (Lipinski definition) is 4. The van der Waals surface area contributed by atoms with Gasteiger partial charge in [0.2, 0.25) is 0 Å². The minimum Gasteiger partial charge on any atom is -0.494 e. The summed E-state index contributed by atoms with van der Waals surface area (Å²) in [6.45, 7) is 12.3. The molecule has 0 fully saturated rings. The van der Waals surface area contributed by atoms with E-state index in [4.69, 9.17) is 9.47 Å². The molecular formula is C18H29FN2O3. The number of ether oxygens (including phenoxy) is 2. The van der Waals surface area contributed by atoms with Crippen LogP contribution in [-0.4, -0.2) is 42.3 Å². The van der Waals surface area contributed by atoms with Crippen molar-refractivity contribution in [2.24, 2.45) is 0 Å². The Morgan fingerprint density at radius 1 is 1.21 bits per heavy atom.